The molecule has 0 radical (unpaired) electrons. The van der Waals surface area contributed by atoms with Crippen molar-refractivity contribution in [3.8, 4) is 11.5 Å². The highest BCUT2D eigenvalue weighted by Gasteiger charge is 2.39. The number of carbonyl (C=O) groups excluding carboxylic acids is 1. The van der Waals surface area contributed by atoms with Gasteiger partial charge >= 0.3 is 0 Å². The zero-order valence-corrected chi connectivity index (χ0v) is 15.0. The molecule has 1 amide bonds. The zero-order valence-electron chi connectivity index (χ0n) is 14.2. The number of para-hydroxylation sites is 1. The van der Waals surface area contributed by atoms with Gasteiger partial charge in [-0.3, -0.25) is 4.79 Å². The maximum atomic E-state index is 13.0. The minimum atomic E-state index is -3.11. The predicted molar refractivity (Wildman–Crippen MR) is 98.6 cm³/mol. The summed E-state index contributed by atoms with van der Waals surface area (Å²) in [5.74, 6) is 0.314. The first-order valence-electron chi connectivity index (χ1n) is 8.32. The third kappa shape index (κ3) is 3.10. The van der Waals surface area contributed by atoms with Gasteiger partial charge in [-0.2, -0.15) is 0 Å². The number of hydrogen-bond acceptors (Lipinski definition) is 5. The van der Waals surface area contributed by atoms with E-state index in [1.807, 2.05) is 24.3 Å². The molecule has 3 aromatic rings. The molecule has 1 saturated heterocycles. The van der Waals surface area contributed by atoms with E-state index in [2.05, 4.69) is 10.3 Å². The van der Waals surface area contributed by atoms with Crippen molar-refractivity contribution >= 4 is 26.6 Å². The largest absolute Gasteiger partial charge is 0.463 e. The van der Waals surface area contributed by atoms with Crippen LogP contribution in [0.4, 0.5) is 0 Å². The summed E-state index contributed by atoms with van der Waals surface area (Å²) in [6.07, 6.45) is 1.96. The number of sulfone groups is 1. The molecule has 0 saturated carbocycles. The molecule has 3 heterocycles. The topological polar surface area (TPSA) is 89.3 Å². The number of carbonyl (C=O) groups is 1. The van der Waals surface area contributed by atoms with Gasteiger partial charge in [0.05, 0.1) is 34.4 Å². The molecule has 2 aromatic heterocycles. The minimum absolute atomic E-state index is 0.0419. The summed E-state index contributed by atoms with van der Waals surface area (Å²) in [6.45, 7) is 1.77. The Balaban J connectivity index is 1.76. The van der Waals surface area contributed by atoms with Gasteiger partial charge in [-0.1, -0.05) is 18.2 Å². The van der Waals surface area contributed by atoms with Crippen LogP contribution in [0.2, 0.25) is 0 Å². The van der Waals surface area contributed by atoms with Crippen molar-refractivity contribution in [2.24, 2.45) is 0 Å². The Morgan fingerprint density at radius 2 is 2.04 bits per heavy atom. The molecule has 0 bridgehead atoms. The van der Waals surface area contributed by atoms with E-state index >= 15 is 0 Å². The standard InChI is InChI=1S/C19H18N2O4S/c1-19(8-10-26(23,24)12-19)21-18(22)14-11-16(17-7-4-9-25-17)20-15-6-3-2-5-13(14)15/h2-7,9,11H,8,10,12H2,1H3,(H,21,22)/t19-/m1/s1. The lowest BCUT2D eigenvalue weighted by Crippen LogP contribution is -2.47. The monoisotopic (exact) mass is 370 g/mol. The Labute approximate surface area is 151 Å². The molecule has 1 fully saturated rings. The van der Waals surface area contributed by atoms with Crippen LogP contribution in [0.15, 0.2) is 53.1 Å². The van der Waals surface area contributed by atoms with Gasteiger partial charge in [0.15, 0.2) is 15.6 Å². The molecular formula is C19H18N2O4S. The molecule has 26 heavy (non-hydrogen) atoms. The summed E-state index contributed by atoms with van der Waals surface area (Å²) in [4.78, 5) is 17.6. The van der Waals surface area contributed by atoms with E-state index in [0.29, 0.717) is 34.3 Å². The van der Waals surface area contributed by atoms with E-state index in [-0.39, 0.29) is 17.4 Å². The molecule has 0 unspecified atom stereocenters. The van der Waals surface area contributed by atoms with E-state index in [1.54, 1.807) is 31.4 Å². The number of hydrogen-bond donors (Lipinski definition) is 1. The van der Waals surface area contributed by atoms with Gasteiger partial charge in [0.25, 0.3) is 5.91 Å². The normalized spacial score (nSPS) is 21.7. The van der Waals surface area contributed by atoms with Crippen LogP contribution in [-0.4, -0.2) is 36.4 Å². The second-order valence-electron chi connectivity index (χ2n) is 6.91. The Hall–Kier alpha value is -2.67. The van der Waals surface area contributed by atoms with Gasteiger partial charge in [0, 0.05) is 5.39 Å². The number of benzene rings is 1. The highest BCUT2D eigenvalue weighted by atomic mass is 32.2. The van der Waals surface area contributed by atoms with E-state index in [9.17, 15) is 13.2 Å². The zero-order chi connectivity index (χ0) is 18.4. The number of aromatic nitrogens is 1. The SMILES string of the molecule is C[C@@]1(NC(=O)c2cc(-c3ccco3)nc3ccccc23)CCS(=O)(=O)C1. The van der Waals surface area contributed by atoms with Gasteiger partial charge in [0.2, 0.25) is 0 Å². The van der Waals surface area contributed by atoms with Crippen molar-refractivity contribution in [3.63, 3.8) is 0 Å². The molecule has 1 N–H and O–H groups in total. The van der Waals surface area contributed by atoms with E-state index in [4.69, 9.17) is 4.42 Å². The molecule has 7 heteroatoms. The highest BCUT2D eigenvalue weighted by molar-refractivity contribution is 7.91. The first-order chi connectivity index (χ1) is 12.4. The lowest BCUT2D eigenvalue weighted by molar-refractivity contribution is 0.0917. The summed E-state index contributed by atoms with van der Waals surface area (Å²) in [5, 5.41) is 3.63. The molecule has 1 aliphatic heterocycles. The first kappa shape index (κ1) is 16.8. The second kappa shape index (κ2) is 5.95. The molecule has 1 atom stereocenters. The number of furan rings is 1. The summed E-state index contributed by atoms with van der Waals surface area (Å²) in [6, 6.07) is 12.6. The Morgan fingerprint density at radius 3 is 2.73 bits per heavy atom. The van der Waals surface area contributed by atoms with Crippen LogP contribution in [0.5, 0.6) is 0 Å². The van der Waals surface area contributed by atoms with Crippen LogP contribution in [0, 0.1) is 0 Å². The fourth-order valence-electron chi connectivity index (χ4n) is 3.36. The summed E-state index contributed by atoms with van der Waals surface area (Å²) in [5.41, 5.74) is 0.928. The lowest BCUT2D eigenvalue weighted by atomic mass is 10.00. The van der Waals surface area contributed by atoms with Gasteiger partial charge in [-0.25, -0.2) is 13.4 Å². The Kier molecular flexibility index (Phi) is 3.84. The number of nitrogens with zero attached hydrogens (tertiary/aromatic N) is 1. The maximum absolute atomic E-state index is 13.0. The van der Waals surface area contributed by atoms with Gasteiger partial charge < -0.3 is 9.73 Å². The minimum Gasteiger partial charge on any atom is -0.463 e. The number of amides is 1. The van der Waals surface area contributed by atoms with Crippen LogP contribution < -0.4 is 5.32 Å². The molecule has 4 rings (SSSR count). The molecule has 0 aliphatic carbocycles. The molecule has 1 aliphatic rings. The van der Waals surface area contributed by atoms with Crippen LogP contribution in [-0.2, 0) is 9.84 Å². The summed E-state index contributed by atoms with van der Waals surface area (Å²) in [7, 11) is -3.11. The van der Waals surface area contributed by atoms with Crippen molar-refractivity contribution in [2.75, 3.05) is 11.5 Å². The van der Waals surface area contributed by atoms with E-state index in [1.165, 1.54) is 0 Å². The smallest absolute Gasteiger partial charge is 0.252 e. The summed E-state index contributed by atoms with van der Waals surface area (Å²) < 4.78 is 29.0. The van der Waals surface area contributed by atoms with Crippen molar-refractivity contribution in [3.05, 3.63) is 54.3 Å². The van der Waals surface area contributed by atoms with Crippen molar-refractivity contribution < 1.29 is 17.6 Å². The van der Waals surface area contributed by atoms with Crippen molar-refractivity contribution in [1.82, 2.24) is 10.3 Å². The highest BCUT2D eigenvalue weighted by Crippen LogP contribution is 2.27. The lowest BCUT2D eigenvalue weighted by Gasteiger charge is -2.24. The average molecular weight is 370 g/mol. The number of pyridine rings is 1. The van der Waals surface area contributed by atoms with Crippen LogP contribution in [0.1, 0.15) is 23.7 Å². The molecule has 6 nitrogen and oxygen atoms in total. The number of rotatable bonds is 3. The van der Waals surface area contributed by atoms with Crippen molar-refractivity contribution in [1.29, 1.82) is 0 Å². The quantitative estimate of drug-likeness (QED) is 0.766. The van der Waals surface area contributed by atoms with E-state index in [0.717, 1.165) is 0 Å². The molecular weight excluding hydrogens is 352 g/mol. The third-order valence-corrected chi connectivity index (χ3v) is 6.56. The fourth-order valence-corrected chi connectivity index (χ4v) is 5.46. The van der Waals surface area contributed by atoms with Gasteiger partial charge in [-0.15, -0.1) is 0 Å². The molecule has 134 valence electrons. The van der Waals surface area contributed by atoms with Crippen LogP contribution >= 0.6 is 0 Å². The predicted octanol–water partition coefficient (Wildman–Crippen LogP) is 2.80. The number of nitrogens with one attached hydrogen (secondary N) is 1. The summed E-state index contributed by atoms with van der Waals surface area (Å²) >= 11 is 0. The Morgan fingerprint density at radius 1 is 1.23 bits per heavy atom. The third-order valence-electron chi connectivity index (χ3n) is 4.65. The van der Waals surface area contributed by atoms with Crippen LogP contribution in [0.25, 0.3) is 22.4 Å². The number of fused-ring (bicyclic) bond motifs is 1. The first-order valence-corrected chi connectivity index (χ1v) is 10.1. The fraction of sp³-hybridized carbons (Fsp3) is 0.263. The maximum Gasteiger partial charge on any atom is 0.252 e. The van der Waals surface area contributed by atoms with E-state index < -0.39 is 15.4 Å². The van der Waals surface area contributed by atoms with Gasteiger partial charge in [-0.05, 0) is 37.6 Å². The average Bonchev–Trinajstić information content (AvgIpc) is 3.21. The van der Waals surface area contributed by atoms with Gasteiger partial charge in [0.1, 0.15) is 5.69 Å². The Bertz CT molecular complexity index is 1090. The van der Waals surface area contributed by atoms with Crippen molar-refractivity contribution in [2.45, 2.75) is 18.9 Å². The molecule has 0 spiro atoms. The molecule has 1 aromatic carbocycles. The van der Waals surface area contributed by atoms with Crippen LogP contribution in [0.3, 0.4) is 0 Å². The second-order valence-corrected chi connectivity index (χ2v) is 9.09.